The molecule has 3 atom stereocenters. The first-order chi connectivity index (χ1) is 9.46. The number of hydrogen-bond acceptors (Lipinski definition) is 3. The second-order valence-corrected chi connectivity index (χ2v) is 6.79. The number of benzene rings is 1. The average molecular weight is 276 g/mol. The molecule has 0 bridgehead atoms. The Kier molecular flexibility index (Phi) is 4.84. The predicted octanol–water partition coefficient (Wildman–Crippen LogP) is 1.82. The normalized spacial score (nSPS) is 26.9. The van der Waals surface area contributed by atoms with Crippen LogP contribution in [0.4, 0.5) is 0 Å². The Hall–Kier alpha value is -0.900. The predicted molar refractivity (Wildman–Crippen MR) is 84.0 cm³/mol. The fraction of sp³-hybridized carbons (Fsp3) is 0.647. The topological polar surface area (TPSA) is 26.7 Å². The highest BCUT2D eigenvalue weighted by Gasteiger charge is 2.36. The molecular weight excluding hydrogens is 248 g/mol. The smallest absolute Gasteiger partial charge is 0.0537 e. The van der Waals surface area contributed by atoms with Crippen LogP contribution in [-0.2, 0) is 5.41 Å². The highest BCUT2D eigenvalue weighted by molar-refractivity contribution is 5.25. The molecule has 1 aliphatic rings. The zero-order valence-corrected chi connectivity index (χ0v) is 13.2. The monoisotopic (exact) mass is 276 g/mol. The van der Waals surface area contributed by atoms with E-state index in [1.54, 1.807) is 0 Å². The molecule has 3 heteroatoms. The van der Waals surface area contributed by atoms with E-state index in [-0.39, 0.29) is 12.0 Å². The van der Waals surface area contributed by atoms with Crippen LogP contribution in [0.3, 0.4) is 0 Å². The van der Waals surface area contributed by atoms with Gasteiger partial charge in [0.1, 0.15) is 0 Å². The summed E-state index contributed by atoms with van der Waals surface area (Å²) in [6.07, 6.45) is 0. The Morgan fingerprint density at radius 1 is 1.25 bits per heavy atom. The molecule has 1 aromatic rings. The quantitative estimate of drug-likeness (QED) is 0.888. The van der Waals surface area contributed by atoms with Gasteiger partial charge in [-0.1, -0.05) is 44.2 Å². The minimum atomic E-state index is -0.178. The standard InChI is InChI=1S/C17H28N2O/c1-14-10-19(11-16(14)18(3)4)12-17(2,13-20)15-8-6-5-7-9-15/h5-9,14,16,20H,10-13H2,1-4H3. The van der Waals surface area contributed by atoms with Crippen LogP contribution in [0.2, 0.25) is 0 Å². The molecule has 0 aliphatic carbocycles. The average Bonchev–Trinajstić information content (AvgIpc) is 2.80. The van der Waals surface area contributed by atoms with Gasteiger partial charge in [-0.05, 0) is 25.6 Å². The van der Waals surface area contributed by atoms with E-state index in [0.29, 0.717) is 12.0 Å². The van der Waals surface area contributed by atoms with Gasteiger partial charge < -0.3 is 14.9 Å². The van der Waals surface area contributed by atoms with Gasteiger partial charge in [-0.15, -0.1) is 0 Å². The molecule has 20 heavy (non-hydrogen) atoms. The number of nitrogens with zero attached hydrogens (tertiary/aromatic N) is 2. The van der Waals surface area contributed by atoms with E-state index in [2.05, 4.69) is 62.0 Å². The van der Waals surface area contributed by atoms with Crippen molar-refractivity contribution >= 4 is 0 Å². The molecular formula is C17H28N2O. The summed E-state index contributed by atoms with van der Waals surface area (Å²) in [7, 11) is 4.32. The first kappa shape index (κ1) is 15.5. The lowest BCUT2D eigenvalue weighted by atomic mass is 9.83. The summed E-state index contributed by atoms with van der Waals surface area (Å²) in [4.78, 5) is 4.82. The molecule has 1 aromatic carbocycles. The lowest BCUT2D eigenvalue weighted by molar-refractivity contribution is 0.153. The molecule has 1 fully saturated rings. The minimum Gasteiger partial charge on any atom is -0.395 e. The lowest BCUT2D eigenvalue weighted by Crippen LogP contribution is -2.42. The summed E-state index contributed by atoms with van der Waals surface area (Å²) in [5, 5.41) is 9.90. The third kappa shape index (κ3) is 3.22. The Labute approximate surface area is 123 Å². The Bertz CT molecular complexity index is 420. The zero-order valence-electron chi connectivity index (χ0n) is 13.2. The number of likely N-dealkylation sites (tertiary alicyclic amines) is 1. The van der Waals surface area contributed by atoms with E-state index < -0.39 is 0 Å². The maximum atomic E-state index is 9.90. The zero-order chi connectivity index (χ0) is 14.8. The van der Waals surface area contributed by atoms with Crippen molar-refractivity contribution < 1.29 is 5.11 Å². The maximum absolute atomic E-state index is 9.90. The molecule has 0 saturated carbocycles. The van der Waals surface area contributed by atoms with Crippen LogP contribution in [0.15, 0.2) is 30.3 Å². The van der Waals surface area contributed by atoms with Crippen molar-refractivity contribution in [1.29, 1.82) is 0 Å². The molecule has 0 radical (unpaired) electrons. The highest BCUT2D eigenvalue weighted by Crippen LogP contribution is 2.28. The van der Waals surface area contributed by atoms with Crippen LogP contribution >= 0.6 is 0 Å². The molecule has 1 saturated heterocycles. The molecule has 3 unspecified atom stereocenters. The van der Waals surface area contributed by atoms with Crippen LogP contribution in [-0.4, -0.2) is 61.3 Å². The van der Waals surface area contributed by atoms with Crippen LogP contribution in [0.1, 0.15) is 19.4 Å². The Morgan fingerprint density at radius 2 is 1.90 bits per heavy atom. The fourth-order valence-electron chi connectivity index (χ4n) is 3.42. The molecule has 2 rings (SSSR count). The van der Waals surface area contributed by atoms with E-state index in [1.807, 2.05) is 6.07 Å². The molecule has 1 N–H and O–H groups in total. The van der Waals surface area contributed by atoms with E-state index in [0.717, 1.165) is 19.6 Å². The van der Waals surface area contributed by atoms with Crippen molar-refractivity contribution in [2.75, 3.05) is 40.3 Å². The number of likely N-dealkylation sites (N-methyl/N-ethyl adjacent to an activating group) is 1. The first-order valence-electron chi connectivity index (χ1n) is 7.51. The van der Waals surface area contributed by atoms with Gasteiger partial charge in [0.25, 0.3) is 0 Å². The van der Waals surface area contributed by atoms with Gasteiger partial charge in [-0.3, -0.25) is 0 Å². The van der Waals surface area contributed by atoms with Crippen molar-refractivity contribution in [2.24, 2.45) is 5.92 Å². The van der Waals surface area contributed by atoms with Gasteiger partial charge in [0.05, 0.1) is 6.61 Å². The summed E-state index contributed by atoms with van der Waals surface area (Å²) in [5.41, 5.74) is 1.05. The van der Waals surface area contributed by atoms with Crippen LogP contribution in [0.25, 0.3) is 0 Å². The molecule has 3 nitrogen and oxygen atoms in total. The lowest BCUT2D eigenvalue weighted by Gasteiger charge is -2.33. The van der Waals surface area contributed by atoms with Crippen LogP contribution in [0, 0.1) is 5.92 Å². The van der Waals surface area contributed by atoms with Crippen molar-refractivity contribution in [3.63, 3.8) is 0 Å². The van der Waals surface area contributed by atoms with Gasteiger partial charge >= 0.3 is 0 Å². The number of rotatable bonds is 5. The summed E-state index contributed by atoms with van der Waals surface area (Å²) in [6.45, 7) is 7.80. The Balaban J connectivity index is 2.08. The largest absolute Gasteiger partial charge is 0.395 e. The number of hydrogen-bond donors (Lipinski definition) is 1. The van der Waals surface area contributed by atoms with Crippen molar-refractivity contribution in [3.8, 4) is 0 Å². The summed E-state index contributed by atoms with van der Waals surface area (Å²) >= 11 is 0. The second-order valence-electron chi connectivity index (χ2n) is 6.79. The van der Waals surface area contributed by atoms with Crippen molar-refractivity contribution in [1.82, 2.24) is 9.80 Å². The number of aliphatic hydroxyl groups is 1. The number of aliphatic hydroxyl groups excluding tert-OH is 1. The van der Waals surface area contributed by atoms with E-state index in [4.69, 9.17) is 0 Å². The molecule has 1 heterocycles. The summed E-state index contributed by atoms with van der Waals surface area (Å²) < 4.78 is 0. The Morgan fingerprint density at radius 3 is 2.40 bits per heavy atom. The van der Waals surface area contributed by atoms with Crippen molar-refractivity contribution in [2.45, 2.75) is 25.3 Å². The molecule has 0 aromatic heterocycles. The third-order valence-electron chi connectivity index (χ3n) is 4.70. The van der Waals surface area contributed by atoms with E-state index in [1.165, 1.54) is 5.56 Å². The van der Waals surface area contributed by atoms with Gasteiger partial charge in [-0.25, -0.2) is 0 Å². The summed E-state index contributed by atoms with van der Waals surface area (Å²) in [6, 6.07) is 11.0. The van der Waals surface area contributed by atoms with Crippen LogP contribution < -0.4 is 0 Å². The molecule has 0 amide bonds. The van der Waals surface area contributed by atoms with Gasteiger partial charge in [-0.2, -0.15) is 0 Å². The first-order valence-corrected chi connectivity index (χ1v) is 7.51. The van der Waals surface area contributed by atoms with Crippen LogP contribution in [0.5, 0.6) is 0 Å². The highest BCUT2D eigenvalue weighted by atomic mass is 16.3. The molecule has 1 aliphatic heterocycles. The SMILES string of the molecule is CC1CN(CC(C)(CO)c2ccccc2)CC1N(C)C. The molecule has 112 valence electrons. The van der Waals surface area contributed by atoms with Gasteiger partial charge in [0.15, 0.2) is 0 Å². The minimum absolute atomic E-state index is 0.178. The van der Waals surface area contributed by atoms with Crippen molar-refractivity contribution in [3.05, 3.63) is 35.9 Å². The molecule has 0 spiro atoms. The van der Waals surface area contributed by atoms with Gasteiger partial charge in [0, 0.05) is 31.1 Å². The van der Waals surface area contributed by atoms with E-state index in [9.17, 15) is 5.11 Å². The summed E-state index contributed by atoms with van der Waals surface area (Å²) in [5.74, 6) is 0.684. The third-order valence-corrected chi connectivity index (χ3v) is 4.70. The maximum Gasteiger partial charge on any atom is 0.0537 e. The second kappa shape index (κ2) is 6.25. The van der Waals surface area contributed by atoms with E-state index >= 15 is 0 Å². The fourth-order valence-corrected chi connectivity index (χ4v) is 3.42. The van der Waals surface area contributed by atoms with Gasteiger partial charge in [0.2, 0.25) is 0 Å².